The van der Waals surface area contributed by atoms with Crippen molar-refractivity contribution in [2.45, 2.75) is 0 Å². The molecule has 16 heavy (non-hydrogen) atoms. The van der Waals surface area contributed by atoms with Gasteiger partial charge in [0.1, 0.15) is 0 Å². The third kappa shape index (κ3) is 1.86. The molecule has 0 fully saturated rings. The second-order valence-corrected chi connectivity index (χ2v) is 3.23. The van der Waals surface area contributed by atoms with E-state index >= 15 is 0 Å². The Morgan fingerprint density at radius 2 is 1.75 bits per heavy atom. The van der Waals surface area contributed by atoms with Crippen LogP contribution in [0.15, 0.2) is 15.9 Å². The average molecular weight is 336 g/mol. The third-order valence-electron chi connectivity index (χ3n) is 2.32. The summed E-state index contributed by atoms with van der Waals surface area (Å²) in [5.41, 5.74) is 0.180. The van der Waals surface area contributed by atoms with Crippen molar-refractivity contribution < 1.29 is 18.2 Å². The number of fused-ring (bicyclic) bond motifs is 1. The molecule has 2 aromatic heterocycles. The van der Waals surface area contributed by atoms with Crippen LogP contribution in [-0.4, -0.2) is 18.7 Å². The van der Waals surface area contributed by atoms with E-state index in [9.17, 15) is 9.59 Å². The van der Waals surface area contributed by atoms with E-state index in [1.807, 2.05) is 0 Å². The van der Waals surface area contributed by atoms with Gasteiger partial charge in [-0.15, -0.1) is 0 Å². The first-order valence-corrected chi connectivity index (χ1v) is 6.23. The van der Waals surface area contributed by atoms with Crippen molar-refractivity contribution in [1.29, 1.82) is 0 Å². The van der Waals surface area contributed by atoms with Crippen LogP contribution in [0.4, 0.5) is 0 Å². The van der Waals surface area contributed by atoms with Crippen molar-refractivity contribution in [1.82, 2.24) is 18.7 Å². The SMILES string of the molecule is Cn1c(=O)c2c(ncn2C)n(C)c1=O.[Cl][Pd]. The monoisotopic (exact) mass is 335 g/mol. The second-order valence-electron chi connectivity index (χ2n) is 3.23. The minimum absolute atomic E-state index is 0.317. The van der Waals surface area contributed by atoms with Crippen molar-refractivity contribution in [2.24, 2.45) is 21.1 Å². The fraction of sp³-hybridized carbons (Fsp3) is 0.375. The van der Waals surface area contributed by atoms with Crippen LogP contribution in [-0.2, 0) is 39.3 Å². The van der Waals surface area contributed by atoms with Crippen molar-refractivity contribution in [2.75, 3.05) is 0 Å². The van der Waals surface area contributed by atoms with E-state index in [1.165, 1.54) is 17.9 Å². The zero-order valence-corrected chi connectivity index (χ0v) is 11.2. The summed E-state index contributed by atoms with van der Waals surface area (Å²) in [7, 11) is 9.26. The molecular formula is C8H10ClN4O2Pd. The van der Waals surface area contributed by atoms with E-state index in [0.717, 1.165) is 4.57 Å². The molecule has 0 radical (unpaired) electrons. The molecule has 2 heterocycles. The summed E-state index contributed by atoms with van der Waals surface area (Å²) in [5, 5.41) is 0. The fourth-order valence-corrected chi connectivity index (χ4v) is 1.47. The van der Waals surface area contributed by atoms with Crippen molar-refractivity contribution in [3.8, 4) is 0 Å². The molecular weight excluding hydrogens is 326 g/mol. The van der Waals surface area contributed by atoms with Crippen LogP contribution < -0.4 is 11.2 Å². The molecule has 0 unspecified atom stereocenters. The summed E-state index contributed by atoms with van der Waals surface area (Å²) in [6.07, 6.45) is 1.52. The molecule has 8 heteroatoms. The van der Waals surface area contributed by atoms with Crippen LogP contribution >= 0.6 is 9.53 Å². The summed E-state index contributed by atoms with van der Waals surface area (Å²) in [5.74, 6) is 0. The molecule has 0 spiro atoms. The number of nitrogens with zero attached hydrogens (tertiary/aromatic N) is 4. The molecule has 91 valence electrons. The van der Waals surface area contributed by atoms with Gasteiger partial charge in [-0.1, -0.05) is 0 Å². The molecule has 0 aliphatic heterocycles. The molecule has 2 aromatic rings. The van der Waals surface area contributed by atoms with Gasteiger partial charge in [-0.25, -0.2) is 9.78 Å². The van der Waals surface area contributed by atoms with Gasteiger partial charge in [-0.2, -0.15) is 0 Å². The van der Waals surface area contributed by atoms with Gasteiger partial charge in [0.25, 0.3) is 5.56 Å². The summed E-state index contributed by atoms with van der Waals surface area (Å²) in [6, 6.07) is 0. The first-order valence-electron chi connectivity index (χ1n) is 4.23. The summed E-state index contributed by atoms with van der Waals surface area (Å²) >= 11 is 2.22. The molecule has 0 saturated carbocycles. The molecule has 0 N–H and O–H groups in total. The van der Waals surface area contributed by atoms with Crippen LogP contribution in [0, 0.1) is 0 Å². The van der Waals surface area contributed by atoms with E-state index in [4.69, 9.17) is 0 Å². The van der Waals surface area contributed by atoms with Crippen molar-refractivity contribution in [3.05, 3.63) is 27.2 Å². The number of rotatable bonds is 0. The maximum atomic E-state index is 11.7. The quantitative estimate of drug-likeness (QED) is 0.619. The normalized spacial score (nSPS) is 10.1. The van der Waals surface area contributed by atoms with E-state index in [1.54, 1.807) is 18.7 Å². The van der Waals surface area contributed by atoms with Gasteiger partial charge >= 0.3 is 33.4 Å². The summed E-state index contributed by atoms with van der Waals surface area (Å²) in [6.45, 7) is 0. The van der Waals surface area contributed by atoms with E-state index < -0.39 is 0 Å². The molecule has 0 aliphatic rings. The topological polar surface area (TPSA) is 61.8 Å². The fourth-order valence-electron chi connectivity index (χ4n) is 1.47. The molecule has 0 aliphatic carbocycles. The first-order chi connectivity index (χ1) is 7.54. The van der Waals surface area contributed by atoms with Crippen LogP contribution in [0.2, 0.25) is 0 Å². The Hall–Kier alpha value is -0.898. The molecule has 0 aromatic carbocycles. The maximum absolute atomic E-state index is 11.7. The Bertz CT molecular complexity index is 627. The van der Waals surface area contributed by atoms with E-state index in [-0.39, 0.29) is 11.2 Å². The standard InChI is InChI=1S/C8H10N4O2.ClH.Pd/c1-10-4-9-6-5(10)7(13)12(3)8(14)11(6)2;;/h4H,1-3H3;1H;/q;;+1/p-1. The number of hydrogen-bond acceptors (Lipinski definition) is 3. The first kappa shape index (κ1) is 13.2. The van der Waals surface area contributed by atoms with Crippen LogP contribution in [0.5, 0.6) is 0 Å². The average Bonchev–Trinajstić information content (AvgIpc) is 2.68. The Balaban J connectivity index is 0.000000606. The van der Waals surface area contributed by atoms with Crippen molar-refractivity contribution >= 4 is 20.7 Å². The van der Waals surface area contributed by atoms with Gasteiger partial charge in [0.2, 0.25) is 0 Å². The zero-order chi connectivity index (χ0) is 12.5. The number of hydrogen-bond donors (Lipinski definition) is 0. The van der Waals surface area contributed by atoms with Gasteiger partial charge < -0.3 is 4.57 Å². The molecule has 0 atom stereocenters. The minimum atomic E-state index is -0.360. The summed E-state index contributed by atoms with van der Waals surface area (Å²) in [4.78, 5) is 27.2. The van der Waals surface area contributed by atoms with E-state index in [0.29, 0.717) is 11.2 Å². The van der Waals surface area contributed by atoms with Crippen molar-refractivity contribution in [3.63, 3.8) is 0 Å². The zero-order valence-electron chi connectivity index (χ0n) is 8.88. The Labute approximate surface area is 106 Å². The number of aromatic nitrogens is 4. The van der Waals surface area contributed by atoms with Gasteiger partial charge in [-0.05, 0) is 0 Å². The van der Waals surface area contributed by atoms with Crippen LogP contribution in [0.25, 0.3) is 11.2 Å². The Morgan fingerprint density at radius 3 is 2.31 bits per heavy atom. The predicted molar refractivity (Wildman–Crippen MR) is 57.0 cm³/mol. The van der Waals surface area contributed by atoms with Gasteiger partial charge in [0, 0.05) is 21.1 Å². The predicted octanol–water partition coefficient (Wildman–Crippen LogP) is -0.342. The molecule has 2 rings (SSSR count). The number of imidazole rings is 1. The number of halogens is 1. The molecule has 0 bridgehead atoms. The van der Waals surface area contributed by atoms with Gasteiger partial charge in [0.05, 0.1) is 6.33 Å². The third-order valence-corrected chi connectivity index (χ3v) is 2.32. The molecule has 0 saturated heterocycles. The summed E-state index contributed by atoms with van der Waals surface area (Å²) < 4.78 is 4.04. The van der Waals surface area contributed by atoms with Gasteiger partial charge in [0.15, 0.2) is 11.2 Å². The van der Waals surface area contributed by atoms with Crippen LogP contribution in [0.1, 0.15) is 0 Å². The number of aryl methyl sites for hydroxylation is 2. The Kier molecular flexibility index (Phi) is 4.08. The van der Waals surface area contributed by atoms with Crippen LogP contribution in [0.3, 0.4) is 0 Å². The van der Waals surface area contributed by atoms with E-state index in [2.05, 4.69) is 32.7 Å². The molecule has 6 nitrogen and oxygen atoms in total. The second kappa shape index (κ2) is 4.96. The molecule has 0 amide bonds. The Morgan fingerprint density at radius 1 is 1.19 bits per heavy atom. The van der Waals surface area contributed by atoms with Gasteiger partial charge in [-0.3, -0.25) is 13.9 Å².